The van der Waals surface area contributed by atoms with Gasteiger partial charge in [0.05, 0.1) is 5.02 Å². The van der Waals surface area contributed by atoms with Crippen molar-refractivity contribution in [2.75, 3.05) is 6.54 Å². The molecule has 5 heteroatoms. The van der Waals surface area contributed by atoms with Gasteiger partial charge in [-0.2, -0.15) is 0 Å². The first-order chi connectivity index (χ1) is 9.06. The zero-order chi connectivity index (χ0) is 13.9. The van der Waals surface area contributed by atoms with Crippen LogP contribution in [0.25, 0.3) is 0 Å². The Morgan fingerprint density at radius 2 is 2.05 bits per heavy atom. The van der Waals surface area contributed by atoms with Gasteiger partial charge in [-0.05, 0) is 36.8 Å². The van der Waals surface area contributed by atoms with Crippen molar-refractivity contribution in [3.05, 3.63) is 28.0 Å². The van der Waals surface area contributed by atoms with Crippen LogP contribution in [0.4, 0.5) is 0 Å². The molecule has 0 aromatic carbocycles. The van der Waals surface area contributed by atoms with Gasteiger partial charge in [-0.25, -0.2) is 4.98 Å². The highest BCUT2D eigenvalue weighted by atomic mass is 35.5. The molecule has 1 aliphatic carbocycles. The van der Waals surface area contributed by atoms with Gasteiger partial charge in [-0.15, -0.1) is 0 Å². The fraction of sp³-hybridized carbons (Fsp3) is 0.571. The topological polar surface area (TPSA) is 42.0 Å². The number of carbonyl (C=O) groups is 1. The van der Waals surface area contributed by atoms with Gasteiger partial charge in [-0.1, -0.05) is 43.0 Å². The molecule has 1 aromatic rings. The molecule has 0 radical (unpaired) electrons. The van der Waals surface area contributed by atoms with E-state index in [0.29, 0.717) is 11.6 Å². The maximum Gasteiger partial charge on any atom is 0.271 e. The standard InChI is InChI=1S/C14H18Cl2N2O/c1-2-14(7-3-4-8-14)9-17-13(19)12-10(15)5-6-11(16)18-12/h5-6H,2-4,7-9H2,1H3,(H,17,19). The Bertz CT molecular complexity index is 471. The van der Waals surface area contributed by atoms with E-state index >= 15 is 0 Å². The average Bonchev–Trinajstić information content (AvgIpc) is 2.88. The molecule has 1 aliphatic rings. The summed E-state index contributed by atoms with van der Waals surface area (Å²) in [7, 11) is 0. The largest absolute Gasteiger partial charge is 0.350 e. The van der Waals surface area contributed by atoms with E-state index in [4.69, 9.17) is 23.2 Å². The van der Waals surface area contributed by atoms with Gasteiger partial charge in [0.2, 0.25) is 0 Å². The molecule has 3 nitrogen and oxygen atoms in total. The molecule has 1 fully saturated rings. The van der Waals surface area contributed by atoms with Crippen LogP contribution in [0.3, 0.4) is 0 Å². The summed E-state index contributed by atoms with van der Waals surface area (Å²) in [6.45, 7) is 2.87. The van der Waals surface area contributed by atoms with Gasteiger partial charge in [0.25, 0.3) is 5.91 Å². The van der Waals surface area contributed by atoms with Gasteiger partial charge >= 0.3 is 0 Å². The molecule has 1 saturated carbocycles. The van der Waals surface area contributed by atoms with E-state index in [0.717, 1.165) is 6.42 Å². The van der Waals surface area contributed by atoms with E-state index in [9.17, 15) is 4.79 Å². The molecule has 0 spiro atoms. The lowest BCUT2D eigenvalue weighted by atomic mass is 9.83. The first-order valence-corrected chi connectivity index (χ1v) is 7.42. The second-order valence-corrected chi connectivity index (χ2v) is 6.00. The van der Waals surface area contributed by atoms with Crippen molar-refractivity contribution in [1.82, 2.24) is 10.3 Å². The second kappa shape index (κ2) is 6.10. The summed E-state index contributed by atoms with van der Waals surface area (Å²) in [4.78, 5) is 16.1. The Kier molecular flexibility index (Phi) is 4.69. The van der Waals surface area contributed by atoms with E-state index in [2.05, 4.69) is 17.2 Å². The van der Waals surface area contributed by atoms with Crippen molar-refractivity contribution in [1.29, 1.82) is 0 Å². The Morgan fingerprint density at radius 1 is 1.37 bits per heavy atom. The Balaban J connectivity index is 2.03. The second-order valence-electron chi connectivity index (χ2n) is 5.21. The zero-order valence-corrected chi connectivity index (χ0v) is 12.5. The highest BCUT2D eigenvalue weighted by Crippen LogP contribution is 2.40. The van der Waals surface area contributed by atoms with Crippen LogP contribution in [0.1, 0.15) is 49.5 Å². The van der Waals surface area contributed by atoms with Crippen LogP contribution in [0.2, 0.25) is 10.2 Å². The van der Waals surface area contributed by atoms with Gasteiger partial charge in [0, 0.05) is 6.54 Å². The van der Waals surface area contributed by atoms with Gasteiger partial charge in [0.15, 0.2) is 0 Å². The zero-order valence-electron chi connectivity index (χ0n) is 11.0. The number of nitrogens with one attached hydrogen (secondary N) is 1. The van der Waals surface area contributed by atoms with Crippen molar-refractivity contribution in [3.63, 3.8) is 0 Å². The molecule has 1 heterocycles. The van der Waals surface area contributed by atoms with Crippen LogP contribution in [-0.2, 0) is 0 Å². The quantitative estimate of drug-likeness (QED) is 0.851. The highest BCUT2D eigenvalue weighted by molar-refractivity contribution is 6.34. The number of carbonyl (C=O) groups excluding carboxylic acids is 1. The number of hydrogen-bond acceptors (Lipinski definition) is 2. The van der Waals surface area contributed by atoms with Crippen molar-refractivity contribution >= 4 is 29.1 Å². The van der Waals surface area contributed by atoms with Crippen molar-refractivity contribution in [2.24, 2.45) is 5.41 Å². The van der Waals surface area contributed by atoms with E-state index < -0.39 is 0 Å². The third-order valence-electron chi connectivity index (χ3n) is 4.07. The summed E-state index contributed by atoms with van der Waals surface area (Å²) in [5.74, 6) is -0.243. The van der Waals surface area contributed by atoms with Crippen LogP contribution in [0.15, 0.2) is 12.1 Å². The van der Waals surface area contributed by atoms with Crippen LogP contribution < -0.4 is 5.32 Å². The molecule has 19 heavy (non-hydrogen) atoms. The Morgan fingerprint density at radius 3 is 2.68 bits per heavy atom. The summed E-state index contributed by atoms with van der Waals surface area (Å²) < 4.78 is 0. The predicted molar refractivity (Wildman–Crippen MR) is 77.8 cm³/mol. The van der Waals surface area contributed by atoms with E-state index in [1.807, 2.05) is 0 Å². The minimum Gasteiger partial charge on any atom is -0.350 e. The lowest BCUT2D eigenvalue weighted by Crippen LogP contribution is -2.36. The SMILES string of the molecule is CCC1(CNC(=O)c2nc(Cl)ccc2Cl)CCCC1. The number of hydrogen-bond donors (Lipinski definition) is 1. The molecular formula is C14H18Cl2N2O. The fourth-order valence-electron chi connectivity index (χ4n) is 2.71. The number of pyridine rings is 1. The van der Waals surface area contributed by atoms with Gasteiger partial charge in [-0.3, -0.25) is 4.79 Å². The lowest BCUT2D eigenvalue weighted by molar-refractivity contribution is 0.0924. The molecular weight excluding hydrogens is 283 g/mol. The summed E-state index contributed by atoms with van der Waals surface area (Å²) in [6.07, 6.45) is 5.95. The van der Waals surface area contributed by atoms with E-state index in [-0.39, 0.29) is 22.2 Å². The Hall–Kier alpha value is -0.800. The van der Waals surface area contributed by atoms with Crippen molar-refractivity contribution in [2.45, 2.75) is 39.0 Å². The molecule has 1 N–H and O–H groups in total. The number of aromatic nitrogens is 1. The van der Waals surface area contributed by atoms with Gasteiger partial charge < -0.3 is 5.32 Å². The molecule has 2 rings (SSSR count). The van der Waals surface area contributed by atoms with Gasteiger partial charge in [0.1, 0.15) is 10.8 Å². The molecule has 0 bridgehead atoms. The maximum absolute atomic E-state index is 12.1. The van der Waals surface area contributed by atoms with Crippen molar-refractivity contribution < 1.29 is 4.79 Å². The first kappa shape index (κ1) is 14.6. The molecule has 0 saturated heterocycles. The van der Waals surface area contributed by atoms with E-state index in [1.165, 1.54) is 25.7 Å². The minimum absolute atomic E-state index is 0.207. The van der Waals surface area contributed by atoms with Crippen LogP contribution in [0, 0.1) is 5.41 Å². The Labute approximate surface area is 123 Å². The number of nitrogens with zero attached hydrogens (tertiary/aromatic N) is 1. The summed E-state index contributed by atoms with van der Waals surface area (Å²) in [5, 5.41) is 3.57. The first-order valence-electron chi connectivity index (χ1n) is 6.66. The number of rotatable bonds is 4. The average molecular weight is 301 g/mol. The van der Waals surface area contributed by atoms with Crippen LogP contribution in [-0.4, -0.2) is 17.4 Å². The van der Waals surface area contributed by atoms with E-state index in [1.54, 1.807) is 12.1 Å². The minimum atomic E-state index is -0.243. The number of halogens is 2. The van der Waals surface area contributed by atoms with Crippen LogP contribution >= 0.6 is 23.2 Å². The number of amides is 1. The molecule has 0 aliphatic heterocycles. The monoisotopic (exact) mass is 300 g/mol. The predicted octanol–water partition coefficient (Wildman–Crippen LogP) is 4.09. The van der Waals surface area contributed by atoms with Crippen molar-refractivity contribution in [3.8, 4) is 0 Å². The third-order valence-corrected chi connectivity index (χ3v) is 4.58. The third kappa shape index (κ3) is 3.40. The molecule has 104 valence electrons. The summed E-state index contributed by atoms with van der Waals surface area (Å²) >= 11 is 11.8. The molecule has 1 aromatic heterocycles. The maximum atomic E-state index is 12.1. The molecule has 0 unspecified atom stereocenters. The smallest absolute Gasteiger partial charge is 0.271 e. The fourth-order valence-corrected chi connectivity index (χ4v) is 3.05. The molecule has 1 amide bonds. The summed E-state index contributed by atoms with van der Waals surface area (Å²) in [6, 6.07) is 3.17. The van der Waals surface area contributed by atoms with Crippen LogP contribution in [0.5, 0.6) is 0 Å². The molecule has 0 atom stereocenters. The summed E-state index contributed by atoms with van der Waals surface area (Å²) in [5.41, 5.74) is 0.458. The normalized spacial score (nSPS) is 17.4. The highest BCUT2D eigenvalue weighted by Gasteiger charge is 2.32. The lowest BCUT2D eigenvalue weighted by Gasteiger charge is -2.27.